The van der Waals surface area contributed by atoms with Crippen molar-refractivity contribution in [1.82, 2.24) is 15.2 Å². The predicted molar refractivity (Wildman–Crippen MR) is 104 cm³/mol. The van der Waals surface area contributed by atoms with Crippen LogP contribution in [0.2, 0.25) is 0 Å². The molecule has 2 aromatic carbocycles. The van der Waals surface area contributed by atoms with Crippen LogP contribution in [0.3, 0.4) is 0 Å². The molecule has 0 aliphatic heterocycles. The summed E-state index contributed by atoms with van der Waals surface area (Å²) in [5.41, 5.74) is 2.17. The lowest BCUT2D eigenvalue weighted by Crippen LogP contribution is -2.37. The zero-order valence-electron chi connectivity index (χ0n) is 14.8. The van der Waals surface area contributed by atoms with E-state index >= 15 is 0 Å². The molecule has 0 saturated carbocycles. The smallest absolute Gasteiger partial charge is 0.236 e. The second-order valence-corrected chi connectivity index (χ2v) is 7.28. The fourth-order valence-electron chi connectivity index (χ4n) is 2.68. The van der Waals surface area contributed by atoms with Gasteiger partial charge in [-0.1, -0.05) is 42.5 Å². The Labute approximate surface area is 152 Å². The summed E-state index contributed by atoms with van der Waals surface area (Å²) in [6.45, 7) is 4.40. The minimum atomic E-state index is -0.0428. The number of benzene rings is 2. The SMILES string of the molecule is C[C@H](c1nc2ccccc2s1)N(C)C(=O)CN[C@H](C)c1ccccc1. The van der Waals surface area contributed by atoms with Gasteiger partial charge in [-0.25, -0.2) is 4.98 Å². The van der Waals surface area contributed by atoms with Crippen molar-refractivity contribution in [1.29, 1.82) is 0 Å². The maximum absolute atomic E-state index is 12.5. The van der Waals surface area contributed by atoms with Crippen LogP contribution < -0.4 is 5.32 Å². The number of rotatable bonds is 6. The number of hydrogen-bond acceptors (Lipinski definition) is 4. The highest BCUT2D eigenvalue weighted by Crippen LogP contribution is 2.28. The molecule has 1 aromatic heterocycles. The maximum atomic E-state index is 12.5. The molecule has 0 aliphatic rings. The molecule has 0 aliphatic carbocycles. The van der Waals surface area contributed by atoms with Gasteiger partial charge < -0.3 is 10.2 Å². The summed E-state index contributed by atoms with van der Waals surface area (Å²) in [5.74, 6) is 0.0644. The molecular formula is C20H23N3OS. The van der Waals surface area contributed by atoms with Crippen LogP contribution in [0.1, 0.15) is 36.5 Å². The Balaban J connectivity index is 1.61. The largest absolute Gasteiger partial charge is 0.335 e. The Morgan fingerprint density at radius 2 is 1.80 bits per heavy atom. The molecular weight excluding hydrogens is 330 g/mol. The molecule has 0 unspecified atom stereocenters. The Bertz CT molecular complexity index is 813. The maximum Gasteiger partial charge on any atom is 0.236 e. The van der Waals surface area contributed by atoms with E-state index in [1.54, 1.807) is 16.2 Å². The van der Waals surface area contributed by atoms with Gasteiger partial charge in [0.2, 0.25) is 5.91 Å². The molecule has 0 bridgehead atoms. The first-order valence-electron chi connectivity index (χ1n) is 8.45. The van der Waals surface area contributed by atoms with Gasteiger partial charge in [-0.15, -0.1) is 11.3 Å². The number of nitrogens with one attached hydrogen (secondary N) is 1. The first-order valence-corrected chi connectivity index (χ1v) is 9.27. The Hall–Kier alpha value is -2.24. The summed E-state index contributed by atoms with van der Waals surface area (Å²) in [6.07, 6.45) is 0. The molecule has 1 heterocycles. The van der Waals surface area contributed by atoms with E-state index in [0.29, 0.717) is 6.54 Å². The van der Waals surface area contributed by atoms with E-state index in [4.69, 9.17) is 0 Å². The van der Waals surface area contributed by atoms with Gasteiger partial charge in [0.15, 0.2) is 0 Å². The summed E-state index contributed by atoms with van der Waals surface area (Å²) in [6, 6.07) is 18.3. The number of carbonyl (C=O) groups is 1. The molecule has 0 saturated heterocycles. The molecule has 5 heteroatoms. The molecule has 130 valence electrons. The Morgan fingerprint density at radius 3 is 2.52 bits per heavy atom. The highest BCUT2D eigenvalue weighted by Gasteiger charge is 2.21. The molecule has 3 rings (SSSR count). The first kappa shape index (κ1) is 17.6. The molecule has 4 nitrogen and oxygen atoms in total. The fraction of sp³-hybridized carbons (Fsp3) is 0.300. The summed E-state index contributed by atoms with van der Waals surface area (Å²) >= 11 is 1.65. The van der Waals surface area contributed by atoms with E-state index < -0.39 is 0 Å². The van der Waals surface area contributed by atoms with E-state index in [1.165, 1.54) is 5.56 Å². The highest BCUT2D eigenvalue weighted by atomic mass is 32.1. The van der Waals surface area contributed by atoms with E-state index in [9.17, 15) is 4.79 Å². The van der Waals surface area contributed by atoms with Crippen molar-refractivity contribution in [3.63, 3.8) is 0 Å². The minimum absolute atomic E-state index is 0.0428. The van der Waals surface area contributed by atoms with Gasteiger partial charge in [0.05, 0.1) is 22.8 Å². The van der Waals surface area contributed by atoms with Gasteiger partial charge in [-0.2, -0.15) is 0 Å². The molecule has 3 aromatic rings. The number of aromatic nitrogens is 1. The fourth-order valence-corrected chi connectivity index (χ4v) is 3.74. The molecule has 0 fully saturated rings. The molecule has 2 atom stereocenters. The normalized spacial score (nSPS) is 13.6. The van der Waals surface area contributed by atoms with Crippen LogP contribution in [-0.4, -0.2) is 29.4 Å². The predicted octanol–water partition coefficient (Wildman–Crippen LogP) is 4.17. The molecule has 0 spiro atoms. The monoisotopic (exact) mass is 353 g/mol. The van der Waals surface area contributed by atoms with E-state index in [-0.39, 0.29) is 18.0 Å². The van der Waals surface area contributed by atoms with Crippen LogP contribution in [0, 0.1) is 0 Å². The first-order chi connectivity index (χ1) is 12.1. The summed E-state index contributed by atoms with van der Waals surface area (Å²) in [7, 11) is 1.84. The number of nitrogens with zero attached hydrogens (tertiary/aromatic N) is 2. The third kappa shape index (κ3) is 4.06. The second kappa shape index (κ2) is 7.76. The van der Waals surface area contributed by atoms with Crippen molar-refractivity contribution in [2.75, 3.05) is 13.6 Å². The summed E-state index contributed by atoms with van der Waals surface area (Å²) in [5, 5.41) is 4.27. The van der Waals surface area contributed by atoms with Crippen LogP contribution in [0.5, 0.6) is 0 Å². The number of fused-ring (bicyclic) bond motifs is 1. The minimum Gasteiger partial charge on any atom is -0.335 e. The van der Waals surface area contributed by atoms with E-state index in [2.05, 4.69) is 35.4 Å². The number of hydrogen-bond donors (Lipinski definition) is 1. The third-order valence-corrected chi connectivity index (χ3v) is 5.71. The zero-order valence-corrected chi connectivity index (χ0v) is 15.6. The van der Waals surface area contributed by atoms with Crippen molar-refractivity contribution < 1.29 is 4.79 Å². The number of para-hydroxylation sites is 1. The molecule has 25 heavy (non-hydrogen) atoms. The number of likely N-dealkylation sites (N-methyl/N-ethyl adjacent to an activating group) is 1. The Morgan fingerprint density at radius 1 is 1.12 bits per heavy atom. The van der Waals surface area contributed by atoms with Crippen LogP contribution >= 0.6 is 11.3 Å². The average molecular weight is 353 g/mol. The van der Waals surface area contributed by atoms with Crippen molar-refractivity contribution in [3.05, 3.63) is 65.2 Å². The topological polar surface area (TPSA) is 45.2 Å². The third-order valence-electron chi connectivity index (χ3n) is 4.50. The van der Waals surface area contributed by atoms with Crippen molar-refractivity contribution in [2.24, 2.45) is 0 Å². The van der Waals surface area contributed by atoms with Gasteiger partial charge in [0, 0.05) is 13.1 Å². The van der Waals surface area contributed by atoms with Crippen molar-refractivity contribution in [3.8, 4) is 0 Å². The van der Waals surface area contributed by atoms with Gasteiger partial charge in [0.25, 0.3) is 0 Å². The van der Waals surface area contributed by atoms with Gasteiger partial charge in [-0.3, -0.25) is 4.79 Å². The quantitative estimate of drug-likeness (QED) is 0.723. The zero-order chi connectivity index (χ0) is 17.8. The standard InChI is InChI=1S/C20H23N3OS/c1-14(16-9-5-4-6-10-16)21-13-19(24)23(3)15(2)20-22-17-11-7-8-12-18(17)25-20/h4-12,14-15,21H,13H2,1-3H3/t14-,15-/m1/s1. The van der Waals surface area contributed by atoms with E-state index in [1.807, 2.05) is 50.4 Å². The summed E-state index contributed by atoms with van der Waals surface area (Å²) in [4.78, 5) is 19.0. The van der Waals surface area contributed by atoms with Gasteiger partial charge >= 0.3 is 0 Å². The van der Waals surface area contributed by atoms with E-state index in [0.717, 1.165) is 15.2 Å². The lowest BCUT2D eigenvalue weighted by atomic mass is 10.1. The van der Waals surface area contributed by atoms with Gasteiger partial charge in [-0.05, 0) is 31.5 Å². The van der Waals surface area contributed by atoms with Crippen LogP contribution in [0.4, 0.5) is 0 Å². The van der Waals surface area contributed by atoms with Crippen LogP contribution in [0.15, 0.2) is 54.6 Å². The molecule has 0 radical (unpaired) electrons. The van der Waals surface area contributed by atoms with Crippen molar-refractivity contribution >= 4 is 27.5 Å². The number of amides is 1. The lowest BCUT2D eigenvalue weighted by molar-refractivity contribution is -0.131. The lowest BCUT2D eigenvalue weighted by Gasteiger charge is -2.24. The van der Waals surface area contributed by atoms with Crippen LogP contribution in [-0.2, 0) is 4.79 Å². The molecule has 1 N–H and O–H groups in total. The molecule has 1 amide bonds. The Kier molecular flexibility index (Phi) is 5.46. The highest BCUT2D eigenvalue weighted by molar-refractivity contribution is 7.18. The van der Waals surface area contributed by atoms with Gasteiger partial charge in [0.1, 0.15) is 5.01 Å². The summed E-state index contributed by atoms with van der Waals surface area (Å²) < 4.78 is 1.15. The van der Waals surface area contributed by atoms with Crippen LogP contribution in [0.25, 0.3) is 10.2 Å². The number of carbonyl (C=O) groups excluding carboxylic acids is 1. The second-order valence-electron chi connectivity index (χ2n) is 6.21. The van der Waals surface area contributed by atoms with Crippen molar-refractivity contribution in [2.45, 2.75) is 25.9 Å². The number of thiazole rings is 1. The average Bonchev–Trinajstić information content (AvgIpc) is 3.09.